The van der Waals surface area contributed by atoms with Gasteiger partial charge in [-0.25, -0.2) is 0 Å². The van der Waals surface area contributed by atoms with Crippen molar-refractivity contribution in [1.82, 2.24) is 0 Å². The zero-order valence-electron chi connectivity index (χ0n) is 9.49. The number of Topliss-reactive ketones (excluding diaryl/α,β-unsaturated/α-hetero) is 1. The minimum atomic E-state index is 0.208. The Labute approximate surface area is 99.8 Å². The third-order valence-electron chi connectivity index (χ3n) is 2.40. The molecule has 0 aliphatic carbocycles. The molecule has 0 aliphatic rings. The molecule has 0 radical (unpaired) electrons. The maximum atomic E-state index is 11.1. The lowest BCUT2D eigenvalue weighted by Gasteiger charge is -2.01. The van der Waals surface area contributed by atoms with Gasteiger partial charge in [-0.05, 0) is 43.2 Å². The zero-order chi connectivity index (χ0) is 11.5. The van der Waals surface area contributed by atoms with Crippen LogP contribution in [0, 0.1) is 6.92 Å². The van der Waals surface area contributed by atoms with Crippen LogP contribution in [-0.4, -0.2) is 5.78 Å². The quantitative estimate of drug-likeness (QED) is 0.782. The van der Waals surface area contributed by atoms with Gasteiger partial charge in [-0.3, -0.25) is 4.79 Å². The van der Waals surface area contributed by atoms with Crippen molar-refractivity contribution in [3.05, 3.63) is 46.8 Å². The molecule has 2 rings (SSSR count). The molecule has 16 heavy (non-hydrogen) atoms. The van der Waals surface area contributed by atoms with Gasteiger partial charge in [0.15, 0.2) is 0 Å². The number of thiophene rings is 1. The standard InChI is InChI=1S/C14H14OS/c1-10(15)8-12-4-3-5-13(9-12)14-7-6-11(2)16-14/h3-7,9H,8H2,1-2H3. The van der Waals surface area contributed by atoms with Crippen molar-refractivity contribution in [2.45, 2.75) is 20.3 Å². The van der Waals surface area contributed by atoms with Gasteiger partial charge in [0.2, 0.25) is 0 Å². The zero-order valence-corrected chi connectivity index (χ0v) is 10.3. The summed E-state index contributed by atoms with van der Waals surface area (Å²) >= 11 is 1.78. The van der Waals surface area contributed by atoms with Crippen molar-refractivity contribution in [3.63, 3.8) is 0 Å². The van der Waals surface area contributed by atoms with E-state index in [4.69, 9.17) is 0 Å². The number of carbonyl (C=O) groups is 1. The number of rotatable bonds is 3. The van der Waals surface area contributed by atoms with Crippen molar-refractivity contribution in [1.29, 1.82) is 0 Å². The second-order valence-electron chi connectivity index (χ2n) is 3.99. The van der Waals surface area contributed by atoms with Gasteiger partial charge in [0, 0.05) is 16.2 Å². The lowest BCUT2D eigenvalue weighted by molar-refractivity contribution is -0.116. The fraction of sp³-hybridized carbons (Fsp3) is 0.214. The Morgan fingerprint density at radius 2 is 2.06 bits per heavy atom. The molecule has 1 aromatic heterocycles. The number of benzene rings is 1. The molecule has 0 aliphatic heterocycles. The van der Waals surface area contributed by atoms with Crippen LogP contribution in [-0.2, 0) is 11.2 Å². The molecule has 0 spiro atoms. The average molecular weight is 230 g/mol. The van der Waals surface area contributed by atoms with Crippen molar-refractivity contribution >= 4 is 17.1 Å². The molecule has 0 atom stereocenters. The highest BCUT2D eigenvalue weighted by Gasteiger charge is 2.03. The molecule has 1 heterocycles. The van der Waals surface area contributed by atoms with E-state index < -0.39 is 0 Å². The molecule has 0 fully saturated rings. The molecule has 0 unspecified atom stereocenters. The Hall–Kier alpha value is -1.41. The second-order valence-corrected chi connectivity index (χ2v) is 5.28. The highest BCUT2D eigenvalue weighted by molar-refractivity contribution is 7.15. The Morgan fingerprint density at radius 3 is 2.69 bits per heavy atom. The summed E-state index contributed by atoms with van der Waals surface area (Å²) in [4.78, 5) is 13.6. The maximum absolute atomic E-state index is 11.1. The van der Waals surface area contributed by atoms with Gasteiger partial charge < -0.3 is 0 Å². The third-order valence-corrected chi connectivity index (χ3v) is 3.45. The Balaban J connectivity index is 2.32. The molecule has 0 amide bonds. The first-order valence-corrected chi connectivity index (χ1v) is 6.12. The Kier molecular flexibility index (Phi) is 3.20. The van der Waals surface area contributed by atoms with Crippen molar-refractivity contribution in [2.24, 2.45) is 0 Å². The summed E-state index contributed by atoms with van der Waals surface area (Å²) in [7, 11) is 0. The van der Waals surface area contributed by atoms with Crippen LogP contribution in [0.2, 0.25) is 0 Å². The number of hydrogen-bond acceptors (Lipinski definition) is 2. The van der Waals surface area contributed by atoms with Gasteiger partial charge in [-0.15, -0.1) is 11.3 Å². The third kappa shape index (κ3) is 2.58. The molecule has 2 aromatic rings. The predicted molar refractivity (Wildman–Crippen MR) is 68.9 cm³/mol. The number of ketones is 1. The summed E-state index contributed by atoms with van der Waals surface area (Å²) in [5.41, 5.74) is 2.30. The topological polar surface area (TPSA) is 17.1 Å². The van der Waals surface area contributed by atoms with Crippen molar-refractivity contribution < 1.29 is 4.79 Å². The average Bonchev–Trinajstić information content (AvgIpc) is 2.64. The van der Waals surface area contributed by atoms with Gasteiger partial charge in [0.05, 0.1) is 0 Å². The molecule has 1 aromatic carbocycles. The number of carbonyl (C=O) groups excluding carboxylic acids is 1. The van der Waals surface area contributed by atoms with Crippen LogP contribution in [0.4, 0.5) is 0 Å². The monoisotopic (exact) mass is 230 g/mol. The lowest BCUT2D eigenvalue weighted by Crippen LogP contribution is -1.95. The normalized spacial score (nSPS) is 10.4. The van der Waals surface area contributed by atoms with E-state index >= 15 is 0 Å². The molecule has 0 saturated carbocycles. The van der Waals surface area contributed by atoms with Crippen LogP contribution in [0.3, 0.4) is 0 Å². The number of aryl methyl sites for hydroxylation is 1. The fourth-order valence-corrected chi connectivity index (χ4v) is 2.58. The second kappa shape index (κ2) is 4.62. The van der Waals surface area contributed by atoms with Gasteiger partial charge in [0.1, 0.15) is 5.78 Å². The van der Waals surface area contributed by atoms with Crippen molar-refractivity contribution in [3.8, 4) is 10.4 Å². The Morgan fingerprint density at radius 1 is 1.25 bits per heavy atom. The first-order chi connectivity index (χ1) is 7.65. The van der Waals surface area contributed by atoms with E-state index in [1.165, 1.54) is 15.3 Å². The van der Waals surface area contributed by atoms with E-state index in [-0.39, 0.29) is 5.78 Å². The van der Waals surface area contributed by atoms with Crippen LogP contribution >= 0.6 is 11.3 Å². The SMILES string of the molecule is CC(=O)Cc1cccc(-c2ccc(C)s2)c1. The molecule has 0 saturated heterocycles. The molecule has 0 N–H and O–H groups in total. The summed E-state index contributed by atoms with van der Waals surface area (Å²) in [5.74, 6) is 0.208. The largest absolute Gasteiger partial charge is 0.300 e. The molecule has 0 bridgehead atoms. The summed E-state index contributed by atoms with van der Waals surface area (Å²) in [6, 6.07) is 12.5. The fourth-order valence-electron chi connectivity index (χ4n) is 1.71. The van der Waals surface area contributed by atoms with Gasteiger partial charge >= 0.3 is 0 Å². The summed E-state index contributed by atoms with van der Waals surface area (Å²) < 4.78 is 0. The minimum Gasteiger partial charge on any atom is -0.300 e. The minimum absolute atomic E-state index is 0.208. The molecule has 2 heteroatoms. The highest BCUT2D eigenvalue weighted by atomic mass is 32.1. The van der Waals surface area contributed by atoms with Crippen LogP contribution in [0.5, 0.6) is 0 Å². The molecular formula is C14H14OS. The predicted octanol–water partition coefficient (Wildman–Crippen LogP) is 3.86. The van der Waals surface area contributed by atoms with E-state index in [9.17, 15) is 4.79 Å². The van der Waals surface area contributed by atoms with Crippen LogP contribution in [0.15, 0.2) is 36.4 Å². The van der Waals surface area contributed by atoms with E-state index in [1.54, 1.807) is 18.3 Å². The highest BCUT2D eigenvalue weighted by Crippen LogP contribution is 2.28. The summed E-state index contributed by atoms with van der Waals surface area (Å²) in [5, 5.41) is 0. The van der Waals surface area contributed by atoms with Gasteiger partial charge in [0.25, 0.3) is 0 Å². The van der Waals surface area contributed by atoms with Gasteiger partial charge in [-0.2, -0.15) is 0 Å². The maximum Gasteiger partial charge on any atom is 0.134 e. The van der Waals surface area contributed by atoms with Gasteiger partial charge in [-0.1, -0.05) is 18.2 Å². The van der Waals surface area contributed by atoms with E-state index in [2.05, 4.69) is 31.2 Å². The summed E-state index contributed by atoms with van der Waals surface area (Å²) in [6.45, 7) is 3.73. The van der Waals surface area contributed by atoms with Crippen LogP contribution < -0.4 is 0 Å². The molecule has 82 valence electrons. The van der Waals surface area contributed by atoms with Crippen LogP contribution in [0.1, 0.15) is 17.4 Å². The lowest BCUT2D eigenvalue weighted by atomic mass is 10.1. The van der Waals surface area contributed by atoms with E-state index in [1.807, 2.05) is 12.1 Å². The van der Waals surface area contributed by atoms with E-state index in [0.29, 0.717) is 6.42 Å². The van der Waals surface area contributed by atoms with E-state index in [0.717, 1.165) is 5.56 Å². The molecular weight excluding hydrogens is 216 g/mol. The summed E-state index contributed by atoms with van der Waals surface area (Å²) in [6.07, 6.45) is 0.526. The Bertz CT molecular complexity index is 511. The molecule has 1 nitrogen and oxygen atoms in total. The van der Waals surface area contributed by atoms with Crippen molar-refractivity contribution in [2.75, 3.05) is 0 Å². The first kappa shape index (κ1) is 11.1. The smallest absolute Gasteiger partial charge is 0.134 e. The van der Waals surface area contributed by atoms with Crippen LogP contribution in [0.25, 0.3) is 10.4 Å². The number of hydrogen-bond donors (Lipinski definition) is 0. The first-order valence-electron chi connectivity index (χ1n) is 5.30.